The molecule has 26 heavy (non-hydrogen) atoms. The van der Waals surface area contributed by atoms with Crippen molar-refractivity contribution < 1.29 is 9.90 Å². The van der Waals surface area contributed by atoms with Gasteiger partial charge in [0.1, 0.15) is 0 Å². The molecule has 0 bridgehead atoms. The number of pyridine rings is 1. The van der Waals surface area contributed by atoms with E-state index in [1.54, 1.807) is 30.7 Å². The maximum absolute atomic E-state index is 11.5. The molecule has 0 amide bonds. The topological polar surface area (TPSA) is 71.2 Å². The fourth-order valence-corrected chi connectivity index (χ4v) is 2.96. The first-order valence-corrected chi connectivity index (χ1v) is 8.60. The van der Waals surface area contributed by atoms with E-state index in [0.717, 1.165) is 37.2 Å². The van der Waals surface area contributed by atoms with Gasteiger partial charge < -0.3 is 9.67 Å². The smallest absolute Gasteiger partial charge is 0.336 e. The number of carbonyl (C=O) groups is 1. The molecular weight excluding hydrogens is 328 g/mol. The molecule has 0 saturated carbocycles. The number of aromatic nitrogens is 3. The van der Waals surface area contributed by atoms with Crippen LogP contribution in [-0.2, 0) is 19.6 Å². The van der Waals surface area contributed by atoms with Gasteiger partial charge in [0.2, 0.25) is 0 Å². The van der Waals surface area contributed by atoms with Crippen LogP contribution >= 0.6 is 0 Å². The van der Waals surface area contributed by atoms with Gasteiger partial charge in [0.15, 0.2) is 0 Å². The predicted molar refractivity (Wildman–Crippen MR) is 98.6 cm³/mol. The van der Waals surface area contributed by atoms with Crippen molar-refractivity contribution >= 4 is 5.97 Å². The van der Waals surface area contributed by atoms with E-state index in [1.807, 2.05) is 36.8 Å². The summed E-state index contributed by atoms with van der Waals surface area (Å²) in [5, 5.41) is 9.43. The largest absolute Gasteiger partial charge is 0.478 e. The fourth-order valence-electron chi connectivity index (χ4n) is 2.96. The predicted octanol–water partition coefficient (Wildman–Crippen LogP) is 3.07. The molecule has 6 heteroatoms. The van der Waals surface area contributed by atoms with E-state index >= 15 is 0 Å². The maximum atomic E-state index is 11.5. The number of aromatic carboxylic acids is 1. The summed E-state index contributed by atoms with van der Waals surface area (Å²) in [6.07, 6.45) is 10.1. The van der Waals surface area contributed by atoms with Crippen molar-refractivity contribution in [2.75, 3.05) is 6.54 Å². The number of benzene rings is 1. The SMILES string of the molecule is O=C(O)c1ccccc1CN(CCCn1ccnc1)Cc1ccncc1. The molecule has 134 valence electrons. The average Bonchev–Trinajstić information content (AvgIpc) is 3.16. The van der Waals surface area contributed by atoms with E-state index < -0.39 is 5.97 Å². The normalized spacial score (nSPS) is 11.0. The molecule has 0 aliphatic rings. The Bertz CT molecular complexity index is 819. The van der Waals surface area contributed by atoms with Crippen LogP contribution in [0.5, 0.6) is 0 Å². The van der Waals surface area contributed by atoms with Gasteiger partial charge in [0.25, 0.3) is 0 Å². The third kappa shape index (κ3) is 5.00. The van der Waals surface area contributed by atoms with E-state index in [9.17, 15) is 9.90 Å². The van der Waals surface area contributed by atoms with Crippen molar-refractivity contribution in [2.24, 2.45) is 0 Å². The first-order chi connectivity index (χ1) is 12.7. The number of hydrogen-bond donors (Lipinski definition) is 1. The molecule has 0 unspecified atom stereocenters. The molecule has 0 atom stereocenters. The molecule has 2 aromatic heterocycles. The first kappa shape index (κ1) is 17.8. The Kier molecular flexibility index (Phi) is 6.11. The summed E-state index contributed by atoms with van der Waals surface area (Å²) in [7, 11) is 0. The van der Waals surface area contributed by atoms with E-state index in [0.29, 0.717) is 12.1 Å². The number of carboxylic acid groups (broad SMARTS) is 1. The summed E-state index contributed by atoms with van der Waals surface area (Å²) in [6.45, 7) is 3.08. The lowest BCUT2D eigenvalue weighted by atomic mass is 10.1. The van der Waals surface area contributed by atoms with Crippen molar-refractivity contribution in [1.29, 1.82) is 0 Å². The van der Waals surface area contributed by atoms with Gasteiger partial charge >= 0.3 is 5.97 Å². The standard InChI is InChI=1S/C20H22N4O2/c25-20(26)19-5-2-1-4-18(19)15-24(14-17-6-8-21-9-7-17)12-3-11-23-13-10-22-16-23/h1-2,4-10,13,16H,3,11-12,14-15H2,(H,25,26). The molecule has 0 spiro atoms. The van der Waals surface area contributed by atoms with E-state index in [4.69, 9.17) is 0 Å². The minimum atomic E-state index is -0.886. The highest BCUT2D eigenvalue weighted by molar-refractivity contribution is 5.89. The highest BCUT2D eigenvalue weighted by atomic mass is 16.4. The second kappa shape index (κ2) is 8.92. The van der Waals surface area contributed by atoms with Crippen molar-refractivity contribution in [3.8, 4) is 0 Å². The molecule has 0 radical (unpaired) electrons. The Labute approximate surface area is 152 Å². The summed E-state index contributed by atoms with van der Waals surface area (Å²) >= 11 is 0. The Morgan fingerprint density at radius 3 is 2.58 bits per heavy atom. The minimum absolute atomic E-state index is 0.363. The van der Waals surface area contributed by atoms with Crippen molar-refractivity contribution in [2.45, 2.75) is 26.1 Å². The van der Waals surface area contributed by atoms with Crippen LogP contribution in [0.1, 0.15) is 27.9 Å². The molecular formula is C20H22N4O2. The number of imidazole rings is 1. The van der Waals surface area contributed by atoms with E-state index in [2.05, 4.69) is 19.4 Å². The molecule has 6 nitrogen and oxygen atoms in total. The molecule has 1 N–H and O–H groups in total. The lowest BCUT2D eigenvalue weighted by molar-refractivity contribution is 0.0694. The Balaban J connectivity index is 1.70. The van der Waals surface area contributed by atoms with Gasteiger partial charge in [-0.1, -0.05) is 18.2 Å². The minimum Gasteiger partial charge on any atom is -0.478 e. The van der Waals surface area contributed by atoms with Gasteiger partial charge in [-0.25, -0.2) is 9.78 Å². The molecule has 0 aliphatic heterocycles. The van der Waals surface area contributed by atoms with E-state index in [1.165, 1.54) is 0 Å². The van der Waals surface area contributed by atoms with Gasteiger partial charge in [0, 0.05) is 51.0 Å². The van der Waals surface area contributed by atoms with Crippen molar-refractivity contribution in [3.05, 3.63) is 84.2 Å². The third-order valence-corrected chi connectivity index (χ3v) is 4.25. The fraction of sp³-hybridized carbons (Fsp3) is 0.250. The molecule has 0 saturated heterocycles. The van der Waals surface area contributed by atoms with Crippen LogP contribution in [-0.4, -0.2) is 37.1 Å². The summed E-state index contributed by atoms with van der Waals surface area (Å²) < 4.78 is 2.05. The summed E-state index contributed by atoms with van der Waals surface area (Å²) in [6, 6.07) is 11.2. The van der Waals surface area contributed by atoms with Crippen LogP contribution in [0, 0.1) is 0 Å². The number of aryl methyl sites for hydroxylation is 1. The molecule has 2 heterocycles. The summed E-state index contributed by atoms with van der Waals surface area (Å²) in [4.78, 5) is 21.9. The third-order valence-electron chi connectivity index (χ3n) is 4.25. The van der Waals surface area contributed by atoms with Crippen molar-refractivity contribution in [1.82, 2.24) is 19.4 Å². The zero-order valence-corrected chi connectivity index (χ0v) is 14.5. The second-order valence-electron chi connectivity index (χ2n) is 6.18. The lowest BCUT2D eigenvalue weighted by Gasteiger charge is -2.23. The van der Waals surface area contributed by atoms with Crippen LogP contribution in [0.15, 0.2) is 67.5 Å². The summed E-state index contributed by atoms with van der Waals surface area (Å²) in [5.74, 6) is -0.886. The summed E-state index contributed by atoms with van der Waals surface area (Å²) in [5.41, 5.74) is 2.36. The van der Waals surface area contributed by atoms with Gasteiger partial charge in [-0.3, -0.25) is 9.88 Å². The van der Waals surface area contributed by atoms with Crippen molar-refractivity contribution in [3.63, 3.8) is 0 Å². The van der Waals surface area contributed by atoms with Gasteiger partial charge in [-0.2, -0.15) is 0 Å². The number of carboxylic acids is 1. The van der Waals surface area contributed by atoms with Crippen LogP contribution in [0.3, 0.4) is 0 Å². The Hall–Kier alpha value is -2.99. The zero-order valence-electron chi connectivity index (χ0n) is 14.5. The lowest BCUT2D eigenvalue weighted by Crippen LogP contribution is -2.26. The maximum Gasteiger partial charge on any atom is 0.336 e. The van der Waals surface area contributed by atoms with Gasteiger partial charge in [-0.05, 0) is 35.7 Å². The molecule has 0 fully saturated rings. The van der Waals surface area contributed by atoms with Crippen LogP contribution in [0.2, 0.25) is 0 Å². The highest BCUT2D eigenvalue weighted by Crippen LogP contribution is 2.15. The number of nitrogens with zero attached hydrogens (tertiary/aromatic N) is 4. The van der Waals surface area contributed by atoms with E-state index in [-0.39, 0.29) is 0 Å². The number of hydrogen-bond acceptors (Lipinski definition) is 4. The molecule has 3 aromatic rings. The molecule has 3 rings (SSSR count). The highest BCUT2D eigenvalue weighted by Gasteiger charge is 2.13. The van der Waals surface area contributed by atoms with Gasteiger partial charge in [0.05, 0.1) is 11.9 Å². The Morgan fingerprint density at radius 2 is 1.85 bits per heavy atom. The average molecular weight is 350 g/mol. The monoisotopic (exact) mass is 350 g/mol. The number of rotatable bonds is 9. The first-order valence-electron chi connectivity index (χ1n) is 8.60. The quantitative estimate of drug-likeness (QED) is 0.642. The Morgan fingerprint density at radius 1 is 1.04 bits per heavy atom. The van der Waals surface area contributed by atoms with Crippen LogP contribution < -0.4 is 0 Å². The zero-order chi connectivity index (χ0) is 18.2. The van der Waals surface area contributed by atoms with Crippen LogP contribution in [0.25, 0.3) is 0 Å². The second-order valence-corrected chi connectivity index (χ2v) is 6.18. The van der Waals surface area contributed by atoms with Crippen LogP contribution in [0.4, 0.5) is 0 Å². The molecule has 0 aliphatic carbocycles. The van der Waals surface area contributed by atoms with Gasteiger partial charge in [-0.15, -0.1) is 0 Å². The molecule has 1 aromatic carbocycles.